The van der Waals surface area contributed by atoms with Gasteiger partial charge in [-0.3, -0.25) is 9.13 Å². The third kappa shape index (κ3) is 1.87. The van der Waals surface area contributed by atoms with Crippen LogP contribution in [0.3, 0.4) is 0 Å². The number of rotatable bonds is 4. The fourth-order valence-corrected chi connectivity index (χ4v) is 1.68. The molecular weight excluding hydrogens is 200 g/mol. The fraction of sp³-hybridized carbons (Fsp3) is 0.700. The molecule has 4 heteroatoms. The summed E-state index contributed by atoms with van der Waals surface area (Å²) in [7, 11) is 0. The number of aromatic nitrogens is 2. The minimum atomic E-state index is 0.115. The molecule has 1 heterocycles. The first-order chi connectivity index (χ1) is 6.72. The van der Waals surface area contributed by atoms with Crippen LogP contribution in [-0.2, 0) is 6.54 Å². The summed E-state index contributed by atoms with van der Waals surface area (Å²) < 4.78 is 3.59. The molecule has 0 spiro atoms. The Bertz CT molecular complexity index is 364. The van der Waals surface area contributed by atoms with Crippen molar-refractivity contribution in [1.29, 1.82) is 0 Å². The number of nitrogens with zero attached hydrogens (tertiary/aromatic N) is 2. The van der Waals surface area contributed by atoms with Crippen molar-refractivity contribution in [3.05, 3.63) is 22.9 Å². The highest BCUT2D eigenvalue weighted by molar-refractivity contribution is 6.18. The van der Waals surface area contributed by atoms with Crippen LogP contribution in [0.15, 0.2) is 17.2 Å². The van der Waals surface area contributed by atoms with Crippen molar-refractivity contribution in [2.75, 3.05) is 5.88 Å². The van der Waals surface area contributed by atoms with Gasteiger partial charge in [0.1, 0.15) is 0 Å². The molecule has 0 bridgehead atoms. The Morgan fingerprint density at radius 3 is 2.86 bits per heavy atom. The van der Waals surface area contributed by atoms with Crippen LogP contribution in [0.25, 0.3) is 0 Å². The van der Waals surface area contributed by atoms with Gasteiger partial charge >= 0.3 is 5.69 Å². The molecule has 0 aromatic carbocycles. The van der Waals surface area contributed by atoms with E-state index in [0.717, 1.165) is 19.4 Å². The lowest BCUT2D eigenvalue weighted by Crippen LogP contribution is -2.25. The molecule has 14 heavy (non-hydrogen) atoms. The van der Waals surface area contributed by atoms with E-state index >= 15 is 0 Å². The predicted molar refractivity (Wildman–Crippen MR) is 56.8 cm³/mol. The molecule has 1 atom stereocenters. The molecule has 3 nitrogen and oxygen atoms in total. The molecular formula is C10H15ClN2O. The summed E-state index contributed by atoms with van der Waals surface area (Å²) >= 11 is 5.71. The van der Waals surface area contributed by atoms with Crippen LogP contribution in [0.2, 0.25) is 0 Å². The smallest absolute Gasteiger partial charge is 0.299 e. The van der Waals surface area contributed by atoms with Crippen molar-refractivity contribution in [2.45, 2.75) is 32.4 Å². The zero-order chi connectivity index (χ0) is 10.1. The van der Waals surface area contributed by atoms with E-state index in [4.69, 9.17) is 11.6 Å². The topological polar surface area (TPSA) is 26.9 Å². The van der Waals surface area contributed by atoms with Crippen LogP contribution in [0.4, 0.5) is 0 Å². The maximum Gasteiger partial charge on any atom is 0.328 e. The minimum absolute atomic E-state index is 0.115. The van der Waals surface area contributed by atoms with E-state index in [1.165, 1.54) is 0 Å². The van der Waals surface area contributed by atoms with Gasteiger partial charge in [-0.05, 0) is 18.8 Å². The molecule has 0 aliphatic heterocycles. The van der Waals surface area contributed by atoms with Crippen molar-refractivity contribution in [1.82, 2.24) is 9.13 Å². The summed E-state index contributed by atoms with van der Waals surface area (Å²) in [5, 5.41) is 0. The largest absolute Gasteiger partial charge is 0.328 e. The summed E-state index contributed by atoms with van der Waals surface area (Å²) in [5.41, 5.74) is 0.115. The molecule has 1 saturated carbocycles. The number of hydrogen-bond acceptors (Lipinski definition) is 1. The van der Waals surface area contributed by atoms with Gasteiger partial charge in [0.2, 0.25) is 0 Å². The Hall–Kier alpha value is -0.700. The highest BCUT2D eigenvalue weighted by atomic mass is 35.5. The third-order valence-electron chi connectivity index (χ3n) is 2.59. The SMILES string of the molecule is CC(CCl)Cn1ccn(C2CC2)c1=O. The first-order valence-corrected chi connectivity index (χ1v) is 5.59. The molecule has 1 aromatic rings. The van der Waals surface area contributed by atoms with Gasteiger partial charge in [0.15, 0.2) is 0 Å². The van der Waals surface area contributed by atoms with Crippen LogP contribution in [0, 0.1) is 5.92 Å². The van der Waals surface area contributed by atoms with Gasteiger partial charge in [0.05, 0.1) is 0 Å². The number of halogens is 1. The van der Waals surface area contributed by atoms with Crippen molar-refractivity contribution >= 4 is 11.6 Å². The molecule has 1 unspecified atom stereocenters. The Kier molecular flexibility index (Phi) is 2.68. The predicted octanol–water partition coefficient (Wildman–Crippen LogP) is 1.86. The van der Waals surface area contributed by atoms with Crippen molar-refractivity contribution in [3.63, 3.8) is 0 Å². The van der Waals surface area contributed by atoms with Crippen LogP contribution < -0.4 is 5.69 Å². The Balaban J connectivity index is 2.14. The van der Waals surface area contributed by atoms with Gasteiger partial charge in [-0.15, -0.1) is 11.6 Å². The first kappa shape index (κ1) is 9.84. The molecule has 0 N–H and O–H groups in total. The van der Waals surface area contributed by atoms with Gasteiger partial charge in [-0.1, -0.05) is 6.92 Å². The zero-order valence-electron chi connectivity index (χ0n) is 8.32. The molecule has 1 aromatic heterocycles. The average molecular weight is 215 g/mol. The van der Waals surface area contributed by atoms with Gasteiger partial charge in [-0.2, -0.15) is 0 Å². The van der Waals surface area contributed by atoms with Crippen LogP contribution in [0.1, 0.15) is 25.8 Å². The Morgan fingerprint density at radius 1 is 1.57 bits per heavy atom. The van der Waals surface area contributed by atoms with Crippen molar-refractivity contribution in [3.8, 4) is 0 Å². The number of imidazole rings is 1. The molecule has 0 radical (unpaired) electrons. The van der Waals surface area contributed by atoms with Crippen LogP contribution in [0.5, 0.6) is 0 Å². The van der Waals surface area contributed by atoms with E-state index in [9.17, 15) is 4.79 Å². The number of alkyl halides is 1. The highest BCUT2D eigenvalue weighted by Crippen LogP contribution is 2.33. The first-order valence-electron chi connectivity index (χ1n) is 5.05. The molecule has 0 saturated heterocycles. The third-order valence-corrected chi connectivity index (χ3v) is 3.11. The van der Waals surface area contributed by atoms with E-state index in [-0.39, 0.29) is 5.69 Å². The second kappa shape index (κ2) is 3.81. The minimum Gasteiger partial charge on any atom is -0.299 e. The lowest BCUT2D eigenvalue weighted by atomic mass is 10.2. The molecule has 0 amide bonds. The standard InChI is InChI=1S/C10H15ClN2O/c1-8(6-11)7-12-4-5-13(10(12)14)9-2-3-9/h4-5,8-9H,2-3,6-7H2,1H3. The Morgan fingerprint density at radius 2 is 2.29 bits per heavy atom. The van der Waals surface area contributed by atoms with E-state index in [1.807, 2.05) is 23.9 Å². The van der Waals surface area contributed by atoms with Gasteiger partial charge in [-0.25, -0.2) is 4.79 Å². The maximum absolute atomic E-state index is 11.8. The van der Waals surface area contributed by atoms with Gasteiger partial charge in [0, 0.05) is 30.9 Å². The quantitative estimate of drug-likeness (QED) is 0.703. The summed E-state index contributed by atoms with van der Waals surface area (Å²) in [6.07, 6.45) is 6.05. The lowest BCUT2D eigenvalue weighted by Gasteiger charge is -2.06. The monoisotopic (exact) mass is 214 g/mol. The summed E-state index contributed by atoms with van der Waals surface area (Å²) in [5.74, 6) is 0.950. The van der Waals surface area contributed by atoms with Gasteiger partial charge < -0.3 is 0 Å². The van der Waals surface area contributed by atoms with Gasteiger partial charge in [0.25, 0.3) is 0 Å². The molecule has 1 fully saturated rings. The van der Waals surface area contributed by atoms with Crippen molar-refractivity contribution < 1.29 is 0 Å². The number of hydrogen-bond donors (Lipinski definition) is 0. The molecule has 1 aliphatic carbocycles. The normalized spacial score (nSPS) is 18.4. The fourth-order valence-electron chi connectivity index (χ4n) is 1.58. The van der Waals surface area contributed by atoms with Crippen molar-refractivity contribution in [2.24, 2.45) is 5.92 Å². The van der Waals surface area contributed by atoms with E-state index in [1.54, 1.807) is 4.57 Å². The second-order valence-corrected chi connectivity index (χ2v) is 4.44. The van der Waals surface area contributed by atoms with E-state index in [2.05, 4.69) is 0 Å². The zero-order valence-corrected chi connectivity index (χ0v) is 9.07. The summed E-state index contributed by atoms with van der Waals surface area (Å²) in [6, 6.07) is 0.468. The van der Waals surface area contributed by atoms with E-state index in [0.29, 0.717) is 17.8 Å². The summed E-state index contributed by atoms with van der Waals surface area (Å²) in [6.45, 7) is 2.77. The summed E-state index contributed by atoms with van der Waals surface area (Å²) in [4.78, 5) is 11.8. The average Bonchev–Trinajstić information content (AvgIpc) is 2.95. The van der Waals surface area contributed by atoms with E-state index < -0.39 is 0 Å². The van der Waals surface area contributed by atoms with Crippen LogP contribution >= 0.6 is 11.6 Å². The highest BCUT2D eigenvalue weighted by Gasteiger charge is 2.25. The second-order valence-electron chi connectivity index (χ2n) is 4.13. The molecule has 1 aliphatic rings. The molecule has 2 rings (SSSR count). The maximum atomic E-state index is 11.8. The Labute approximate surface area is 88.3 Å². The van der Waals surface area contributed by atoms with Crippen LogP contribution in [-0.4, -0.2) is 15.0 Å². The lowest BCUT2D eigenvalue weighted by molar-refractivity contribution is 0.505. The molecule has 78 valence electrons.